The van der Waals surface area contributed by atoms with E-state index in [-0.39, 0.29) is 13.2 Å². The molecule has 0 unspecified atom stereocenters. The van der Waals surface area contributed by atoms with Gasteiger partial charge in [0.25, 0.3) is 8.32 Å². The third kappa shape index (κ3) is 3.87. The van der Waals surface area contributed by atoms with E-state index in [1.165, 1.54) is 0 Å². The molecule has 0 aliphatic rings. The van der Waals surface area contributed by atoms with Crippen molar-refractivity contribution in [2.75, 3.05) is 0 Å². The van der Waals surface area contributed by atoms with E-state index in [1.54, 1.807) is 0 Å². The molecule has 2 N–H and O–H groups in total. The standard InChI is InChI=1S/C17H30O3Si/c1-12(2)21(13(3)4,14(5)6)20-17-8-15(10-18)7-16(9-17)11-19/h7-9,12-14,18-19H,10-11H2,1-6H3. The zero-order valence-electron chi connectivity index (χ0n) is 14.2. The summed E-state index contributed by atoms with van der Waals surface area (Å²) < 4.78 is 6.59. The van der Waals surface area contributed by atoms with E-state index in [0.717, 1.165) is 16.9 Å². The highest BCUT2D eigenvalue weighted by Gasteiger charge is 2.47. The van der Waals surface area contributed by atoms with Crippen LogP contribution in [-0.4, -0.2) is 18.5 Å². The van der Waals surface area contributed by atoms with Crippen LogP contribution < -0.4 is 4.43 Å². The van der Waals surface area contributed by atoms with Crippen molar-refractivity contribution in [3.63, 3.8) is 0 Å². The predicted octanol–water partition coefficient (Wildman–Crippen LogP) is 4.23. The fourth-order valence-electron chi connectivity index (χ4n) is 3.53. The Morgan fingerprint density at radius 3 is 1.48 bits per heavy atom. The molecule has 0 spiro atoms. The van der Waals surface area contributed by atoms with Crippen LogP contribution in [0, 0.1) is 0 Å². The highest BCUT2D eigenvalue weighted by molar-refractivity contribution is 6.78. The Labute approximate surface area is 130 Å². The molecule has 0 fully saturated rings. The quantitative estimate of drug-likeness (QED) is 0.741. The highest BCUT2D eigenvalue weighted by atomic mass is 28.4. The average Bonchev–Trinajstić information content (AvgIpc) is 2.42. The summed E-state index contributed by atoms with van der Waals surface area (Å²) in [7, 11) is -2.00. The van der Waals surface area contributed by atoms with Gasteiger partial charge in [0.05, 0.1) is 13.2 Å². The third-order valence-electron chi connectivity index (χ3n) is 4.39. The molecule has 120 valence electrons. The summed E-state index contributed by atoms with van der Waals surface area (Å²) in [6.45, 7) is 13.4. The summed E-state index contributed by atoms with van der Waals surface area (Å²) in [5, 5.41) is 18.8. The van der Waals surface area contributed by atoms with Crippen LogP contribution >= 0.6 is 0 Å². The number of aliphatic hydroxyl groups is 2. The summed E-state index contributed by atoms with van der Waals surface area (Å²) >= 11 is 0. The monoisotopic (exact) mass is 310 g/mol. The van der Waals surface area contributed by atoms with Gasteiger partial charge in [0.2, 0.25) is 0 Å². The minimum Gasteiger partial charge on any atom is -0.543 e. The highest BCUT2D eigenvalue weighted by Crippen LogP contribution is 2.42. The molecule has 0 saturated heterocycles. The zero-order chi connectivity index (χ0) is 16.2. The van der Waals surface area contributed by atoms with Crippen molar-refractivity contribution in [1.29, 1.82) is 0 Å². The Balaban J connectivity index is 3.26. The first-order chi connectivity index (χ1) is 9.77. The molecule has 21 heavy (non-hydrogen) atoms. The largest absolute Gasteiger partial charge is 0.543 e. The maximum atomic E-state index is 9.38. The normalized spacial score (nSPS) is 12.5. The maximum absolute atomic E-state index is 9.38. The van der Waals surface area contributed by atoms with E-state index in [4.69, 9.17) is 4.43 Å². The average molecular weight is 311 g/mol. The van der Waals surface area contributed by atoms with Crippen LogP contribution in [0.3, 0.4) is 0 Å². The van der Waals surface area contributed by atoms with Crippen LogP contribution in [-0.2, 0) is 13.2 Å². The molecular weight excluding hydrogens is 280 g/mol. The Hall–Kier alpha value is -0.843. The van der Waals surface area contributed by atoms with Crippen molar-refractivity contribution in [1.82, 2.24) is 0 Å². The summed E-state index contributed by atoms with van der Waals surface area (Å²) in [5.74, 6) is 0.786. The lowest BCUT2D eigenvalue weighted by molar-refractivity contribution is 0.274. The van der Waals surface area contributed by atoms with Gasteiger partial charge in [0.15, 0.2) is 0 Å². The van der Waals surface area contributed by atoms with E-state index in [1.807, 2.05) is 18.2 Å². The van der Waals surface area contributed by atoms with Crippen LogP contribution in [0.1, 0.15) is 52.7 Å². The van der Waals surface area contributed by atoms with Crippen molar-refractivity contribution in [3.8, 4) is 5.75 Å². The first kappa shape index (κ1) is 18.2. The number of benzene rings is 1. The maximum Gasteiger partial charge on any atom is 0.258 e. The third-order valence-corrected chi connectivity index (χ3v) is 10.4. The van der Waals surface area contributed by atoms with Crippen LogP contribution in [0.2, 0.25) is 16.6 Å². The van der Waals surface area contributed by atoms with E-state index in [9.17, 15) is 10.2 Å². The molecule has 0 heterocycles. The lowest BCUT2D eigenvalue weighted by atomic mass is 10.1. The second-order valence-corrected chi connectivity index (χ2v) is 12.1. The SMILES string of the molecule is CC(C)[Si](Oc1cc(CO)cc(CO)c1)(C(C)C)C(C)C. The van der Waals surface area contributed by atoms with Gasteiger partial charge in [-0.1, -0.05) is 47.6 Å². The van der Waals surface area contributed by atoms with Gasteiger partial charge in [-0.3, -0.25) is 0 Å². The van der Waals surface area contributed by atoms with E-state index in [0.29, 0.717) is 16.6 Å². The molecular formula is C17H30O3Si. The molecule has 0 aliphatic carbocycles. The van der Waals surface area contributed by atoms with Crippen LogP contribution in [0.25, 0.3) is 0 Å². The molecule has 0 saturated carbocycles. The van der Waals surface area contributed by atoms with Gasteiger partial charge in [-0.15, -0.1) is 0 Å². The molecule has 1 aromatic carbocycles. The zero-order valence-corrected chi connectivity index (χ0v) is 15.2. The number of hydrogen-bond donors (Lipinski definition) is 2. The van der Waals surface area contributed by atoms with Gasteiger partial charge < -0.3 is 14.6 Å². The number of rotatable bonds is 7. The Morgan fingerprint density at radius 2 is 1.19 bits per heavy atom. The fraction of sp³-hybridized carbons (Fsp3) is 0.647. The summed E-state index contributed by atoms with van der Waals surface area (Å²) in [4.78, 5) is 0. The lowest BCUT2D eigenvalue weighted by Gasteiger charge is -2.42. The lowest BCUT2D eigenvalue weighted by Crippen LogP contribution is -2.50. The van der Waals surface area contributed by atoms with Crippen LogP contribution in [0.4, 0.5) is 0 Å². The van der Waals surface area contributed by atoms with Crippen molar-refractivity contribution >= 4 is 8.32 Å². The molecule has 3 nitrogen and oxygen atoms in total. The Bertz CT molecular complexity index is 411. The molecule has 1 aromatic rings. The minimum absolute atomic E-state index is 0.0379. The van der Waals surface area contributed by atoms with Crippen molar-refractivity contribution in [2.45, 2.75) is 71.4 Å². The van der Waals surface area contributed by atoms with E-state index >= 15 is 0 Å². The molecule has 0 atom stereocenters. The molecule has 0 amide bonds. The Kier molecular flexibility index (Phi) is 6.44. The minimum atomic E-state index is -2.00. The molecule has 0 aliphatic heterocycles. The van der Waals surface area contributed by atoms with Crippen molar-refractivity contribution in [2.24, 2.45) is 0 Å². The van der Waals surface area contributed by atoms with Crippen molar-refractivity contribution < 1.29 is 14.6 Å². The van der Waals surface area contributed by atoms with Gasteiger partial charge in [-0.2, -0.15) is 0 Å². The summed E-state index contributed by atoms with van der Waals surface area (Å²) in [6.07, 6.45) is 0. The number of aliphatic hydroxyl groups excluding tert-OH is 2. The molecule has 1 rings (SSSR count). The second kappa shape index (κ2) is 7.43. The van der Waals surface area contributed by atoms with Crippen LogP contribution in [0.5, 0.6) is 5.75 Å². The second-order valence-electron chi connectivity index (χ2n) is 6.72. The summed E-state index contributed by atoms with van der Waals surface area (Å²) in [6, 6.07) is 5.61. The van der Waals surface area contributed by atoms with Crippen LogP contribution in [0.15, 0.2) is 18.2 Å². The first-order valence-corrected chi connectivity index (χ1v) is 9.95. The van der Waals surface area contributed by atoms with Gasteiger partial charge in [0, 0.05) is 0 Å². The fourth-order valence-corrected chi connectivity index (χ4v) is 8.76. The van der Waals surface area contributed by atoms with E-state index in [2.05, 4.69) is 41.5 Å². The van der Waals surface area contributed by atoms with E-state index < -0.39 is 8.32 Å². The van der Waals surface area contributed by atoms with Gasteiger partial charge in [-0.05, 0) is 39.9 Å². The molecule has 0 bridgehead atoms. The van der Waals surface area contributed by atoms with Crippen molar-refractivity contribution in [3.05, 3.63) is 29.3 Å². The van der Waals surface area contributed by atoms with Gasteiger partial charge in [-0.25, -0.2) is 0 Å². The van der Waals surface area contributed by atoms with Gasteiger partial charge >= 0.3 is 0 Å². The Morgan fingerprint density at radius 1 is 0.810 bits per heavy atom. The smallest absolute Gasteiger partial charge is 0.258 e. The predicted molar refractivity (Wildman–Crippen MR) is 90.0 cm³/mol. The topological polar surface area (TPSA) is 49.7 Å². The molecule has 0 aromatic heterocycles. The molecule has 4 heteroatoms. The molecule has 0 radical (unpaired) electrons. The first-order valence-electron chi connectivity index (χ1n) is 7.81. The number of hydrogen-bond acceptors (Lipinski definition) is 3. The summed E-state index contributed by atoms with van der Waals surface area (Å²) in [5.41, 5.74) is 3.06. The van der Waals surface area contributed by atoms with Gasteiger partial charge in [0.1, 0.15) is 5.75 Å².